The molecule has 0 radical (unpaired) electrons. The number of benzene rings is 10. The number of anilines is 3. The second-order valence-corrected chi connectivity index (χ2v) is 16.1. The van der Waals surface area contributed by atoms with E-state index in [1.54, 1.807) is 0 Å². The molecule has 0 atom stereocenters. The van der Waals surface area contributed by atoms with Crippen molar-refractivity contribution in [2.75, 3.05) is 4.90 Å². The minimum Gasteiger partial charge on any atom is -0.310 e. The molecule has 57 heavy (non-hydrogen) atoms. The zero-order chi connectivity index (χ0) is 38.5. The first-order valence-electron chi connectivity index (χ1n) is 19.9. The van der Waals surface area contributed by atoms with E-state index >= 15 is 0 Å². The third-order valence-corrected chi connectivity index (χ3v) is 11.6. The van der Waals surface area contributed by atoms with Crippen LogP contribution in [-0.4, -0.2) is 0 Å². The van der Waals surface area contributed by atoms with Gasteiger partial charge in [0.15, 0.2) is 0 Å². The first-order chi connectivity index (χ1) is 27.9. The van der Waals surface area contributed by atoms with E-state index in [0.717, 1.165) is 17.1 Å². The maximum atomic E-state index is 2.44. The molecule has 0 aliphatic heterocycles. The summed E-state index contributed by atoms with van der Waals surface area (Å²) in [6.45, 7) is 6.83. The van der Waals surface area contributed by atoms with Gasteiger partial charge in [-0.1, -0.05) is 185 Å². The summed E-state index contributed by atoms with van der Waals surface area (Å²) >= 11 is 0. The van der Waals surface area contributed by atoms with E-state index in [0.29, 0.717) is 0 Å². The Kier molecular flexibility index (Phi) is 8.46. The van der Waals surface area contributed by atoms with Crippen molar-refractivity contribution in [3.8, 4) is 33.4 Å². The van der Waals surface area contributed by atoms with Crippen LogP contribution in [0.3, 0.4) is 0 Å². The maximum absolute atomic E-state index is 2.44. The van der Waals surface area contributed by atoms with Crippen LogP contribution in [0.25, 0.3) is 76.5 Å². The molecule has 10 aromatic carbocycles. The Bertz CT molecular complexity index is 3070. The van der Waals surface area contributed by atoms with Crippen molar-refractivity contribution in [1.29, 1.82) is 0 Å². The van der Waals surface area contributed by atoms with Crippen molar-refractivity contribution < 1.29 is 0 Å². The molecule has 0 aromatic heterocycles. The van der Waals surface area contributed by atoms with E-state index in [4.69, 9.17) is 0 Å². The molecule has 0 saturated heterocycles. The zero-order valence-corrected chi connectivity index (χ0v) is 32.6. The predicted molar refractivity (Wildman–Crippen MR) is 246 cm³/mol. The van der Waals surface area contributed by atoms with E-state index in [2.05, 4.69) is 232 Å². The highest BCUT2D eigenvalue weighted by Gasteiger charge is 2.23. The van der Waals surface area contributed by atoms with Gasteiger partial charge in [-0.05, 0) is 130 Å². The van der Waals surface area contributed by atoms with Crippen molar-refractivity contribution in [3.05, 3.63) is 212 Å². The van der Waals surface area contributed by atoms with Crippen LogP contribution < -0.4 is 4.90 Å². The lowest BCUT2D eigenvalue weighted by molar-refractivity contribution is 0.590. The van der Waals surface area contributed by atoms with Crippen LogP contribution in [0.5, 0.6) is 0 Å². The van der Waals surface area contributed by atoms with Crippen LogP contribution in [0.15, 0.2) is 206 Å². The molecule has 0 aliphatic carbocycles. The van der Waals surface area contributed by atoms with Crippen molar-refractivity contribution >= 4 is 60.2 Å². The lowest BCUT2D eigenvalue weighted by Crippen LogP contribution is -2.13. The molecular formula is C56H43N. The molecule has 0 saturated carbocycles. The number of nitrogens with zero attached hydrogens (tertiary/aromatic N) is 1. The predicted octanol–water partition coefficient (Wildman–Crippen LogP) is 16.1. The molecule has 10 aromatic rings. The first kappa shape index (κ1) is 34.5. The molecule has 272 valence electrons. The summed E-state index contributed by atoms with van der Waals surface area (Å²) in [6, 6.07) is 75.9. The van der Waals surface area contributed by atoms with Gasteiger partial charge in [0, 0.05) is 17.1 Å². The van der Waals surface area contributed by atoms with Crippen molar-refractivity contribution in [2.24, 2.45) is 0 Å². The molecule has 0 bridgehead atoms. The van der Waals surface area contributed by atoms with Gasteiger partial charge in [0.25, 0.3) is 0 Å². The smallest absolute Gasteiger partial charge is 0.0468 e. The Morgan fingerprint density at radius 3 is 1.51 bits per heavy atom. The summed E-state index contributed by atoms with van der Waals surface area (Å²) in [4.78, 5) is 2.42. The fraction of sp³-hybridized carbons (Fsp3) is 0.0714. The van der Waals surface area contributed by atoms with Gasteiger partial charge < -0.3 is 4.90 Å². The van der Waals surface area contributed by atoms with Gasteiger partial charge in [0.05, 0.1) is 0 Å². The molecule has 0 unspecified atom stereocenters. The van der Waals surface area contributed by atoms with Gasteiger partial charge in [0.1, 0.15) is 0 Å². The van der Waals surface area contributed by atoms with Gasteiger partial charge in [-0.25, -0.2) is 0 Å². The topological polar surface area (TPSA) is 3.24 Å². The minimum absolute atomic E-state index is 0.0584. The van der Waals surface area contributed by atoms with E-state index in [1.165, 1.54) is 82.0 Å². The fourth-order valence-electron chi connectivity index (χ4n) is 8.75. The molecular weight excluding hydrogens is 687 g/mol. The molecule has 0 fully saturated rings. The molecule has 0 N–H and O–H groups in total. The van der Waals surface area contributed by atoms with Gasteiger partial charge in [0.2, 0.25) is 0 Å². The van der Waals surface area contributed by atoms with Crippen LogP contribution in [0.1, 0.15) is 26.3 Å². The third-order valence-electron chi connectivity index (χ3n) is 11.6. The monoisotopic (exact) mass is 729 g/mol. The van der Waals surface area contributed by atoms with Crippen LogP contribution in [0, 0.1) is 0 Å². The zero-order valence-electron chi connectivity index (χ0n) is 32.6. The van der Waals surface area contributed by atoms with Crippen molar-refractivity contribution in [1.82, 2.24) is 0 Å². The number of hydrogen-bond acceptors (Lipinski definition) is 1. The molecule has 1 heteroatoms. The van der Waals surface area contributed by atoms with E-state index in [-0.39, 0.29) is 5.41 Å². The number of rotatable bonds is 6. The fourth-order valence-corrected chi connectivity index (χ4v) is 8.75. The Balaban J connectivity index is 1.33. The Hall–Kier alpha value is -6.96. The SMILES string of the molecule is CC(C)(C)c1ccc(N(c2ccc3ccccc3c2)c2ccc3c(c2)c2ccccc2c2c(-c4ccccc4)cc(-c4ccccc4)c(-c4ccccc4)c32)cc1. The third kappa shape index (κ3) is 6.13. The Morgan fingerprint density at radius 1 is 0.333 bits per heavy atom. The summed E-state index contributed by atoms with van der Waals surface area (Å²) in [7, 11) is 0. The summed E-state index contributed by atoms with van der Waals surface area (Å²) in [5.41, 5.74) is 12.1. The summed E-state index contributed by atoms with van der Waals surface area (Å²) in [5, 5.41) is 9.96. The Labute approximate surface area is 335 Å². The average molecular weight is 730 g/mol. The highest BCUT2D eigenvalue weighted by molar-refractivity contribution is 6.33. The highest BCUT2D eigenvalue weighted by Crippen LogP contribution is 2.50. The van der Waals surface area contributed by atoms with Gasteiger partial charge in [-0.15, -0.1) is 0 Å². The van der Waals surface area contributed by atoms with E-state index in [9.17, 15) is 0 Å². The maximum Gasteiger partial charge on any atom is 0.0468 e. The standard InChI is InChI=1S/C56H43N/c1-56(2,3)43-28-31-44(32-29-43)57(45-30-27-38-17-13-14-24-42(38)35-45)46-33-34-49-52(36-46)47-25-15-16-26-48(47)54-51(40-20-9-5-10-21-40)37-50(39-18-7-4-8-19-39)53(55(49)54)41-22-11-6-12-23-41/h4-37H,1-3H3. The second-order valence-electron chi connectivity index (χ2n) is 16.1. The summed E-state index contributed by atoms with van der Waals surface area (Å²) < 4.78 is 0. The van der Waals surface area contributed by atoms with Gasteiger partial charge in [-0.3, -0.25) is 0 Å². The van der Waals surface area contributed by atoms with Crippen LogP contribution in [0.2, 0.25) is 0 Å². The molecule has 1 nitrogen and oxygen atoms in total. The summed E-state index contributed by atoms with van der Waals surface area (Å²) in [6.07, 6.45) is 0. The normalized spacial score (nSPS) is 11.8. The Morgan fingerprint density at radius 2 is 0.842 bits per heavy atom. The van der Waals surface area contributed by atoms with Gasteiger partial charge >= 0.3 is 0 Å². The van der Waals surface area contributed by atoms with Crippen LogP contribution in [0.4, 0.5) is 17.1 Å². The quantitative estimate of drug-likeness (QED) is 0.154. The lowest BCUT2D eigenvalue weighted by Gasteiger charge is -2.28. The molecule has 0 aliphatic rings. The van der Waals surface area contributed by atoms with Crippen molar-refractivity contribution in [2.45, 2.75) is 26.2 Å². The van der Waals surface area contributed by atoms with Crippen LogP contribution in [-0.2, 0) is 5.41 Å². The van der Waals surface area contributed by atoms with Gasteiger partial charge in [-0.2, -0.15) is 0 Å². The molecule has 10 rings (SSSR count). The van der Waals surface area contributed by atoms with E-state index in [1.807, 2.05) is 0 Å². The summed E-state index contributed by atoms with van der Waals surface area (Å²) in [5.74, 6) is 0. The second kappa shape index (κ2) is 14.0. The van der Waals surface area contributed by atoms with E-state index < -0.39 is 0 Å². The van der Waals surface area contributed by atoms with Crippen LogP contribution >= 0.6 is 0 Å². The van der Waals surface area contributed by atoms with Crippen molar-refractivity contribution in [3.63, 3.8) is 0 Å². The number of fused-ring (bicyclic) bond motifs is 7. The molecule has 0 amide bonds. The average Bonchev–Trinajstić information content (AvgIpc) is 3.26. The largest absolute Gasteiger partial charge is 0.310 e. The number of hydrogen-bond donors (Lipinski definition) is 0. The highest BCUT2D eigenvalue weighted by atomic mass is 15.1. The first-order valence-corrected chi connectivity index (χ1v) is 19.9. The lowest BCUT2D eigenvalue weighted by atomic mass is 9.81. The molecule has 0 spiro atoms. The molecule has 0 heterocycles. The minimum atomic E-state index is 0.0584.